The van der Waals surface area contributed by atoms with Gasteiger partial charge in [0.25, 0.3) is 0 Å². The third-order valence-corrected chi connectivity index (χ3v) is 8.02. The number of carbonyl (C=O) groups excluding carboxylic acids is 2. The smallest absolute Gasteiger partial charge is 0.333 e. The summed E-state index contributed by atoms with van der Waals surface area (Å²) in [6.07, 6.45) is 9.81. The zero-order valence-electron chi connectivity index (χ0n) is 23.1. The normalized spacial score (nSPS) is 15.6. The Balaban J connectivity index is 1.53. The Hall–Kier alpha value is -3.51. The van der Waals surface area contributed by atoms with Crippen molar-refractivity contribution in [2.75, 3.05) is 6.61 Å². The fourth-order valence-electron chi connectivity index (χ4n) is 5.00. The van der Waals surface area contributed by atoms with Crippen molar-refractivity contribution < 1.29 is 14.3 Å². The SMILES string of the molecule is CCOC(=O)/C(C)=C\C(C)=C\c1csc([C@H](Cc2ccc(-c3ccccc3)cc2)NC(=O)C2CCCCC2)n1. The Morgan fingerprint density at radius 2 is 1.72 bits per heavy atom. The quantitative estimate of drug-likeness (QED) is 0.162. The van der Waals surface area contributed by atoms with Gasteiger partial charge in [-0.05, 0) is 74.4 Å². The lowest BCUT2D eigenvalue weighted by molar-refractivity contribution is -0.138. The first-order valence-electron chi connectivity index (χ1n) is 13.9. The molecule has 0 bridgehead atoms. The summed E-state index contributed by atoms with van der Waals surface area (Å²) in [6.45, 7) is 5.84. The molecule has 1 saturated carbocycles. The summed E-state index contributed by atoms with van der Waals surface area (Å²) in [7, 11) is 0. The number of esters is 1. The van der Waals surface area contributed by atoms with Crippen LogP contribution in [-0.2, 0) is 20.7 Å². The molecule has 1 amide bonds. The van der Waals surface area contributed by atoms with E-state index in [1.165, 1.54) is 17.5 Å². The third-order valence-electron chi connectivity index (χ3n) is 7.05. The molecule has 204 valence electrons. The molecule has 4 rings (SSSR count). The van der Waals surface area contributed by atoms with Crippen molar-refractivity contribution >= 4 is 29.3 Å². The Labute approximate surface area is 236 Å². The maximum absolute atomic E-state index is 13.2. The van der Waals surface area contributed by atoms with Gasteiger partial charge in [-0.2, -0.15) is 0 Å². The first-order chi connectivity index (χ1) is 18.9. The van der Waals surface area contributed by atoms with Gasteiger partial charge in [-0.3, -0.25) is 4.79 Å². The van der Waals surface area contributed by atoms with E-state index in [0.29, 0.717) is 18.6 Å². The van der Waals surface area contributed by atoms with Gasteiger partial charge in [0.1, 0.15) is 5.01 Å². The summed E-state index contributed by atoms with van der Waals surface area (Å²) in [6, 6.07) is 18.7. The van der Waals surface area contributed by atoms with Gasteiger partial charge in [-0.25, -0.2) is 9.78 Å². The van der Waals surface area contributed by atoms with Crippen LogP contribution >= 0.6 is 11.3 Å². The number of allylic oxidation sites excluding steroid dienone is 2. The molecule has 2 aromatic carbocycles. The predicted octanol–water partition coefficient (Wildman–Crippen LogP) is 7.70. The molecule has 6 heteroatoms. The van der Waals surface area contributed by atoms with Crippen molar-refractivity contribution in [3.63, 3.8) is 0 Å². The van der Waals surface area contributed by atoms with Gasteiger partial charge in [-0.1, -0.05) is 73.9 Å². The minimum atomic E-state index is -0.312. The van der Waals surface area contributed by atoms with Crippen molar-refractivity contribution in [2.24, 2.45) is 5.92 Å². The van der Waals surface area contributed by atoms with Crippen LogP contribution in [0.3, 0.4) is 0 Å². The number of amides is 1. The average Bonchev–Trinajstić information content (AvgIpc) is 3.42. The zero-order valence-corrected chi connectivity index (χ0v) is 23.9. The maximum atomic E-state index is 13.2. The number of thiazole rings is 1. The number of hydrogen-bond donors (Lipinski definition) is 1. The molecule has 1 heterocycles. The molecule has 1 N–H and O–H groups in total. The lowest BCUT2D eigenvalue weighted by atomic mass is 9.88. The summed E-state index contributed by atoms with van der Waals surface area (Å²) in [5, 5.41) is 6.23. The molecular weight excluding hydrogens is 504 g/mol. The van der Waals surface area contributed by atoms with E-state index in [1.807, 2.05) is 42.7 Å². The van der Waals surface area contributed by atoms with Crippen molar-refractivity contribution in [1.29, 1.82) is 0 Å². The number of rotatable bonds is 10. The zero-order chi connectivity index (χ0) is 27.6. The molecule has 0 spiro atoms. The average molecular weight is 543 g/mol. The highest BCUT2D eigenvalue weighted by Crippen LogP contribution is 2.28. The second-order valence-corrected chi connectivity index (χ2v) is 11.1. The van der Waals surface area contributed by atoms with Crippen LogP contribution in [0.4, 0.5) is 0 Å². The minimum absolute atomic E-state index is 0.0827. The van der Waals surface area contributed by atoms with E-state index in [0.717, 1.165) is 47.5 Å². The van der Waals surface area contributed by atoms with E-state index in [-0.39, 0.29) is 23.8 Å². The van der Waals surface area contributed by atoms with Crippen LogP contribution < -0.4 is 5.32 Å². The minimum Gasteiger partial charge on any atom is -0.463 e. The Bertz CT molecular complexity index is 1300. The number of hydrogen-bond acceptors (Lipinski definition) is 5. The maximum Gasteiger partial charge on any atom is 0.333 e. The second-order valence-electron chi connectivity index (χ2n) is 10.2. The highest BCUT2D eigenvalue weighted by molar-refractivity contribution is 7.09. The number of benzene rings is 2. The van der Waals surface area contributed by atoms with Crippen molar-refractivity contribution in [2.45, 2.75) is 65.3 Å². The number of nitrogens with zero attached hydrogens (tertiary/aromatic N) is 1. The van der Waals surface area contributed by atoms with Gasteiger partial charge in [0, 0.05) is 16.9 Å². The van der Waals surface area contributed by atoms with Crippen LogP contribution in [0.5, 0.6) is 0 Å². The lowest BCUT2D eigenvalue weighted by Crippen LogP contribution is -2.35. The third kappa shape index (κ3) is 8.24. The highest BCUT2D eigenvalue weighted by atomic mass is 32.1. The molecule has 0 saturated heterocycles. The fourth-order valence-corrected chi connectivity index (χ4v) is 5.83. The molecule has 3 aromatic rings. The molecule has 1 aromatic heterocycles. The van der Waals surface area contributed by atoms with Gasteiger partial charge in [0.2, 0.25) is 5.91 Å². The Morgan fingerprint density at radius 3 is 2.41 bits per heavy atom. The highest BCUT2D eigenvalue weighted by Gasteiger charge is 2.25. The monoisotopic (exact) mass is 542 g/mol. The predicted molar refractivity (Wildman–Crippen MR) is 159 cm³/mol. The summed E-state index contributed by atoms with van der Waals surface area (Å²) in [5.74, 6) is -0.0932. The molecule has 39 heavy (non-hydrogen) atoms. The largest absolute Gasteiger partial charge is 0.463 e. The van der Waals surface area contributed by atoms with Crippen LogP contribution in [0.25, 0.3) is 17.2 Å². The van der Waals surface area contributed by atoms with Crippen LogP contribution in [0.2, 0.25) is 0 Å². The molecule has 1 fully saturated rings. The molecule has 1 aliphatic rings. The molecule has 1 atom stereocenters. The Kier molecular flexibility index (Phi) is 10.3. The van der Waals surface area contributed by atoms with E-state index < -0.39 is 0 Å². The number of aromatic nitrogens is 1. The first kappa shape index (κ1) is 28.5. The second kappa shape index (κ2) is 14.0. The van der Waals surface area contributed by atoms with Gasteiger partial charge in [0.05, 0.1) is 18.3 Å². The number of nitrogens with one attached hydrogen (secondary N) is 1. The van der Waals surface area contributed by atoms with Crippen LogP contribution in [-0.4, -0.2) is 23.5 Å². The molecule has 0 aliphatic heterocycles. The van der Waals surface area contributed by atoms with Crippen LogP contribution in [0.15, 0.2) is 77.2 Å². The van der Waals surface area contributed by atoms with E-state index in [4.69, 9.17) is 9.72 Å². The van der Waals surface area contributed by atoms with Gasteiger partial charge in [0.15, 0.2) is 0 Å². The van der Waals surface area contributed by atoms with E-state index in [1.54, 1.807) is 25.2 Å². The topological polar surface area (TPSA) is 68.3 Å². The standard InChI is InChI=1S/C33H38N2O3S/c1-4-38-33(37)24(3)19-23(2)20-29-22-39-32(34-29)30(35-31(36)28-13-9-6-10-14-28)21-25-15-17-27(18-16-25)26-11-7-5-8-12-26/h5,7-8,11-12,15-20,22,28,30H,4,6,9-10,13-14,21H2,1-3H3,(H,35,36)/b23-20+,24-19-/t30-/m0/s1. The van der Waals surface area contributed by atoms with E-state index >= 15 is 0 Å². The lowest BCUT2D eigenvalue weighted by Gasteiger charge is -2.24. The first-order valence-corrected chi connectivity index (χ1v) is 14.7. The van der Waals surface area contributed by atoms with Crippen molar-refractivity contribution in [3.05, 3.63) is 93.5 Å². The molecular formula is C33H38N2O3S. The summed E-state index contributed by atoms with van der Waals surface area (Å²) >= 11 is 1.56. The summed E-state index contributed by atoms with van der Waals surface area (Å²) in [5.41, 5.74) is 5.79. The van der Waals surface area contributed by atoms with Crippen LogP contribution in [0.1, 0.15) is 75.2 Å². The van der Waals surface area contributed by atoms with Gasteiger partial charge in [-0.15, -0.1) is 11.3 Å². The van der Waals surface area contributed by atoms with Gasteiger partial charge < -0.3 is 10.1 Å². The molecule has 0 radical (unpaired) electrons. The molecule has 5 nitrogen and oxygen atoms in total. The number of ether oxygens (including phenoxy) is 1. The van der Waals surface area contributed by atoms with Crippen LogP contribution in [0, 0.1) is 5.92 Å². The van der Waals surface area contributed by atoms with Crippen molar-refractivity contribution in [3.8, 4) is 11.1 Å². The van der Waals surface area contributed by atoms with E-state index in [9.17, 15) is 9.59 Å². The molecule has 1 aliphatic carbocycles. The van der Waals surface area contributed by atoms with Gasteiger partial charge >= 0.3 is 5.97 Å². The number of carbonyl (C=O) groups is 2. The molecule has 0 unspecified atom stereocenters. The van der Waals surface area contributed by atoms with Crippen molar-refractivity contribution in [1.82, 2.24) is 10.3 Å². The van der Waals surface area contributed by atoms with E-state index in [2.05, 4.69) is 41.7 Å². The Morgan fingerprint density at radius 1 is 1.03 bits per heavy atom. The summed E-state index contributed by atoms with van der Waals surface area (Å²) in [4.78, 5) is 30.1. The summed E-state index contributed by atoms with van der Waals surface area (Å²) < 4.78 is 5.08. The fraction of sp³-hybridized carbons (Fsp3) is 0.364.